The third-order valence-corrected chi connectivity index (χ3v) is 9.44. The van der Waals surface area contributed by atoms with Crippen molar-refractivity contribution in [2.24, 2.45) is 0 Å². The van der Waals surface area contributed by atoms with Gasteiger partial charge >= 0.3 is 0 Å². The molecule has 0 aliphatic heterocycles. The average molecular weight is 393 g/mol. The molecule has 0 aliphatic carbocycles. The van der Waals surface area contributed by atoms with Crippen LogP contribution in [0, 0.1) is 0 Å². The van der Waals surface area contributed by atoms with Crippen molar-refractivity contribution in [1.82, 2.24) is 0 Å². The van der Waals surface area contributed by atoms with Gasteiger partial charge in [-0.15, -0.1) is 0 Å². The molecule has 26 heavy (non-hydrogen) atoms. The molecular formula is C21H45O4P. The van der Waals surface area contributed by atoms with Crippen molar-refractivity contribution >= 4 is 7.14 Å². The molecular weight excluding hydrogens is 347 g/mol. The molecule has 4 nitrogen and oxygen atoms in total. The number of ether oxygens (including phenoxy) is 3. The van der Waals surface area contributed by atoms with Crippen LogP contribution in [0.25, 0.3) is 0 Å². The molecule has 3 unspecified atom stereocenters. The highest BCUT2D eigenvalue weighted by atomic mass is 31.2. The molecule has 0 rings (SSSR count). The molecule has 3 atom stereocenters. The third-order valence-electron chi connectivity index (χ3n) is 5.33. The summed E-state index contributed by atoms with van der Waals surface area (Å²) in [6.45, 7) is 6.56. The highest BCUT2D eigenvalue weighted by Crippen LogP contribution is 2.63. The van der Waals surface area contributed by atoms with E-state index in [1.165, 1.54) is 0 Å². The highest BCUT2D eigenvalue weighted by molar-refractivity contribution is 7.65. The van der Waals surface area contributed by atoms with Crippen LogP contribution < -0.4 is 0 Å². The van der Waals surface area contributed by atoms with Gasteiger partial charge in [-0.25, -0.2) is 0 Å². The van der Waals surface area contributed by atoms with Gasteiger partial charge in [0, 0.05) is 21.3 Å². The zero-order valence-corrected chi connectivity index (χ0v) is 19.2. The van der Waals surface area contributed by atoms with Crippen molar-refractivity contribution in [3.63, 3.8) is 0 Å². The van der Waals surface area contributed by atoms with Crippen molar-refractivity contribution in [2.75, 3.05) is 21.3 Å². The molecule has 0 aromatic carbocycles. The summed E-state index contributed by atoms with van der Waals surface area (Å²) in [7, 11) is 2.25. The highest BCUT2D eigenvalue weighted by Gasteiger charge is 2.47. The monoisotopic (exact) mass is 392 g/mol. The summed E-state index contributed by atoms with van der Waals surface area (Å²) in [5.74, 6) is -0.813. The zero-order chi connectivity index (χ0) is 19.8. The fourth-order valence-electron chi connectivity index (χ4n) is 3.72. The lowest BCUT2D eigenvalue weighted by Gasteiger charge is -2.37. The fraction of sp³-hybridized carbons (Fsp3) is 1.00. The van der Waals surface area contributed by atoms with Crippen molar-refractivity contribution in [2.45, 2.75) is 115 Å². The van der Waals surface area contributed by atoms with E-state index in [0.717, 1.165) is 77.0 Å². The molecule has 0 amide bonds. The summed E-state index contributed by atoms with van der Waals surface area (Å²) in [6.07, 6.45) is 12.4. The Bertz CT molecular complexity index is 310. The van der Waals surface area contributed by atoms with Crippen LogP contribution >= 0.6 is 7.14 Å². The first-order valence-electron chi connectivity index (χ1n) is 10.7. The van der Waals surface area contributed by atoms with Gasteiger partial charge in [0.25, 0.3) is 0 Å². The largest absolute Gasteiger partial charge is 0.374 e. The predicted octanol–water partition coefficient (Wildman–Crippen LogP) is 7.01. The van der Waals surface area contributed by atoms with Gasteiger partial charge in [-0.2, -0.15) is 0 Å². The lowest BCUT2D eigenvalue weighted by molar-refractivity contribution is 0.0898. The Labute approximate surface area is 163 Å². The van der Waals surface area contributed by atoms with E-state index < -0.39 is 7.14 Å². The number of methoxy groups -OCH3 is 3. The van der Waals surface area contributed by atoms with Gasteiger partial charge in [-0.05, 0) is 19.3 Å². The van der Waals surface area contributed by atoms with Gasteiger partial charge in [0.1, 0.15) is 17.5 Å². The summed E-state index contributed by atoms with van der Waals surface area (Å²) >= 11 is 0. The Morgan fingerprint density at radius 3 is 1.04 bits per heavy atom. The minimum absolute atomic E-state index is 0.271. The molecule has 5 heteroatoms. The molecule has 0 bridgehead atoms. The molecule has 0 heterocycles. The summed E-state index contributed by atoms with van der Waals surface area (Å²) in [4.78, 5) is 0. The van der Waals surface area contributed by atoms with Crippen molar-refractivity contribution in [1.29, 1.82) is 0 Å². The summed E-state index contributed by atoms with van der Waals surface area (Å²) in [5, 5.41) is 0. The fourth-order valence-corrected chi connectivity index (χ4v) is 7.58. The van der Waals surface area contributed by atoms with Gasteiger partial charge < -0.3 is 18.8 Å². The van der Waals surface area contributed by atoms with E-state index in [9.17, 15) is 4.57 Å². The van der Waals surface area contributed by atoms with E-state index >= 15 is 0 Å². The van der Waals surface area contributed by atoms with Crippen LogP contribution in [0.2, 0.25) is 0 Å². The minimum atomic E-state index is -2.84. The Hall–Kier alpha value is 0.110. The van der Waals surface area contributed by atoms with E-state index in [2.05, 4.69) is 20.8 Å². The van der Waals surface area contributed by atoms with Crippen LogP contribution in [-0.2, 0) is 18.8 Å². The number of hydrogen-bond acceptors (Lipinski definition) is 4. The van der Waals surface area contributed by atoms with Crippen molar-refractivity contribution in [3.8, 4) is 0 Å². The number of unbranched alkanes of at least 4 members (excludes halogenated alkanes) is 6. The molecule has 0 radical (unpaired) electrons. The average Bonchev–Trinajstić information content (AvgIpc) is 2.65. The third kappa shape index (κ3) is 8.42. The van der Waals surface area contributed by atoms with Crippen LogP contribution in [0.4, 0.5) is 0 Å². The molecule has 158 valence electrons. The van der Waals surface area contributed by atoms with E-state index in [4.69, 9.17) is 14.2 Å². The van der Waals surface area contributed by atoms with E-state index in [1.54, 1.807) is 21.3 Å². The number of hydrogen-bond donors (Lipinski definition) is 0. The maximum atomic E-state index is 14.4. The molecule has 0 saturated carbocycles. The molecule has 0 saturated heterocycles. The minimum Gasteiger partial charge on any atom is -0.374 e. The zero-order valence-electron chi connectivity index (χ0n) is 18.3. The Morgan fingerprint density at radius 1 is 0.577 bits per heavy atom. The summed E-state index contributed by atoms with van der Waals surface area (Å²) < 4.78 is 31.9. The van der Waals surface area contributed by atoms with Crippen LogP contribution in [0.5, 0.6) is 0 Å². The molecule has 0 aromatic heterocycles. The second kappa shape index (κ2) is 16.1. The Morgan fingerprint density at radius 2 is 0.846 bits per heavy atom. The SMILES string of the molecule is CCCCCC(OC)P(=O)(C(CCCCC)OC)C(CCCCC)OC. The standard InChI is InChI=1S/C21H45O4P/c1-7-10-13-16-19(23-4)26(22,20(24-5)17-14-11-8-2)21(25-6)18-15-12-9-3/h19-21H,7-18H2,1-6H3. The van der Waals surface area contributed by atoms with Gasteiger partial charge in [-0.1, -0.05) is 78.6 Å². The van der Waals surface area contributed by atoms with Gasteiger partial charge in [-0.3, -0.25) is 0 Å². The van der Waals surface area contributed by atoms with Crippen molar-refractivity contribution < 1.29 is 18.8 Å². The summed E-state index contributed by atoms with van der Waals surface area (Å²) in [6, 6.07) is 0. The van der Waals surface area contributed by atoms with Gasteiger partial charge in [0.15, 0.2) is 7.14 Å². The second-order valence-corrected chi connectivity index (χ2v) is 10.6. The molecule has 0 aliphatic rings. The second-order valence-electron chi connectivity index (χ2n) is 7.32. The Kier molecular flexibility index (Phi) is 16.2. The van der Waals surface area contributed by atoms with E-state index in [1.807, 2.05) is 0 Å². The quantitative estimate of drug-likeness (QED) is 0.186. The molecule has 0 spiro atoms. The maximum absolute atomic E-state index is 14.4. The lowest BCUT2D eigenvalue weighted by atomic mass is 10.2. The first-order chi connectivity index (χ1) is 12.6. The Balaban J connectivity index is 5.50. The van der Waals surface area contributed by atoms with Crippen LogP contribution in [0.3, 0.4) is 0 Å². The van der Waals surface area contributed by atoms with Crippen LogP contribution in [0.1, 0.15) is 97.8 Å². The lowest BCUT2D eigenvalue weighted by Crippen LogP contribution is -2.31. The normalized spacial score (nSPS) is 17.6. The topological polar surface area (TPSA) is 44.8 Å². The number of rotatable bonds is 18. The molecule has 0 fully saturated rings. The first-order valence-corrected chi connectivity index (χ1v) is 12.6. The first kappa shape index (κ1) is 26.1. The van der Waals surface area contributed by atoms with Gasteiger partial charge in [0.05, 0.1) is 0 Å². The maximum Gasteiger partial charge on any atom is 0.169 e. The molecule has 0 aromatic rings. The van der Waals surface area contributed by atoms with Crippen molar-refractivity contribution in [3.05, 3.63) is 0 Å². The van der Waals surface area contributed by atoms with E-state index in [0.29, 0.717) is 0 Å². The summed E-state index contributed by atoms with van der Waals surface area (Å²) in [5.41, 5.74) is 0. The smallest absolute Gasteiger partial charge is 0.169 e. The van der Waals surface area contributed by atoms with Gasteiger partial charge in [0.2, 0.25) is 0 Å². The predicted molar refractivity (Wildman–Crippen MR) is 112 cm³/mol. The van der Waals surface area contributed by atoms with Crippen LogP contribution in [-0.4, -0.2) is 38.9 Å². The van der Waals surface area contributed by atoms with E-state index in [-0.39, 0.29) is 17.5 Å². The molecule has 0 N–H and O–H groups in total. The van der Waals surface area contributed by atoms with Crippen LogP contribution in [0.15, 0.2) is 0 Å².